The van der Waals surface area contributed by atoms with E-state index < -0.39 is 10.5 Å². The Bertz CT molecular complexity index is 604. The van der Waals surface area contributed by atoms with Gasteiger partial charge >= 0.3 is 6.09 Å². The average Bonchev–Trinajstić information content (AvgIpc) is 2.63. The highest BCUT2D eigenvalue weighted by Crippen LogP contribution is 2.26. The van der Waals surface area contributed by atoms with Gasteiger partial charge in [-0.1, -0.05) is 27.7 Å². The standard InChI is InChI=1S/C16H23N3O4.2C2H6/c1-12-11-13(19(21)22)5-6-14(12)17-7-9-18(10-8-17)15(20)23-16(2,3)4;2*1-2/h5-6,11H,7-10H2,1-4H3;2*1-2H3. The minimum atomic E-state index is -0.497. The van der Waals surface area contributed by atoms with Gasteiger partial charge in [0, 0.05) is 44.0 Å². The van der Waals surface area contributed by atoms with Crippen molar-refractivity contribution in [2.45, 2.75) is 61.0 Å². The number of rotatable bonds is 2. The largest absolute Gasteiger partial charge is 0.444 e. The highest BCUT2D eigenvalue weighted by Gasteiger charge is 2.26. The van der Waals surface area contributed by atoms with Gasteiger partial charge < -0.3 is 14.5 Å². The zero-order valence-corrected chi connectivity index (χ0v) is 18.0. The second kappa shape index (κ2) is 11.4. The first kappa shape index (κ1) is 24.7. The molecule has 0 atom stereocenters. The van der Waals surface area contributed by atoms with Crippen molar-refractivity contribution in [1.29, 1.82) is 0 Å². The first-order valence-electron chi connectivity index (χ1n) is 9.65. The maximum Gasteiger partial charge on any atom is 0.410 e. The summed E-state index contributed by atoms with van der Waals surface area (Å²) in [5.41, 5.74) is 1.44. The lowest BCUT2D eigenvalue weighted by Gasteiger charge is -2.37. The number of carbonyl (C=O) groups excluding carboxylic acids is 1. The van der Waals surface area contributed by atoms with Gasteiger partial charge in [-0.15, -0.1) is 0 Å². The van der Waals surface area contributed by atoms with Crippen molar-refractivity contribution in [1.82, 2.24) is 4.90 Å². The van der Waals surface area contributed by atoms with Crippen LogP contribution in [0.4, 0.5) is 16.2 Å². The molecule has 1 aliphatic rings. The zero-order chi connectivity index (χ0) is 21.2. The monoisotopic (exact) mass is 381 g/mol. The highest BCUT2D eigenvalue weighted by molar-refractivity contribution is 5.69. The molecule has 1 fully saturated rings. The van der Waals surface area contributed by atoms with Crippen LogP contribution < -0.4 is 4.90 Å². The molecule has 1 amide bonds. The second-order valence-electron chi connectivity index (χ2n) is 6.68. The number of nitro groups is 1. The lowest BCUT2D eigenvalue weighted by atomic mass is 10.1. The van der Waals surface area contributed by atoms with Crippen molar-refractivity contribution in [3.8, 4) is 0 Å². The summed E-state index contributed by atoms with van der Waals surface area (Å²) in [6.45, 7) is 17.9. The lowest BCUT2D eigenvalue weighted by Crippen LogP contribution is -2.50. The van der Waals surface area contributed by atoms with Crippen LogP contribution in [0.5, 0.6) is 0 Å². The normalized spacial score (nSPS) is 13.6. The molecule has 0 saturated carbocycles. The summed E-state index contributed by atoms with van der Waals surface area (Å²) in [6.07, 6.45) is -0.294. The Balaban J connectivity index is 0.00000158. The molecule has 7 heteroatoms. The third kappa shape index (κ3) is 7.85. The predicted octanol–water partition coefficient (Wildman–Crippen LogP) is 5.01. The Labute approximate surface area is 163 Å². The molecule has 1 aliphatic heterocycles. The molecule has 0 radical (unpaired) electrons. The van der Waals surface area contributed by atoms with Crippen LogP contribution in [-0.4, -0.2) is 47.7 Å². The van der Waals surface area contributed by atoms with E-state index >= 15 is 0 Å². The molecule has 0 aliphatic carbocycles. The number of ether oxygens (including phenoxy) is 1. The van der Waals surface area contributed by atoms with Crippen molar-refractivity contribution < 1.29 is 14.5 Å². The Morgan fingerprint density at radius 2 is 1.59 bits per heavy atom. The fraction of sp³-hybridized carbons (Fsp3) is 0.650. The second-order valence-corrected chi connectivity index (χ2v) is 6.68. The summed E-state index contributed by atoms with van der Waals surface area (Å²) in [4.78, 5) is 26.3. The molecule has 2 rings (SSSR count). The van der Waals surface area contributed by atoms with Gasteiger partial charge in [-0.05, 0) is 39.3 Å². The van der Waals surface area contributed by atoms with Crippen LogP contribution in [0.3, 0.4) is 0 Å². The number of non-ortho nitro benzene ring substituents is 1. The number of aryl methyl sites for hydroxylation is 1. The van der Waals surface area contributed by atoms with Crippen LogP contribution >= 0.6 is 0 Å². The van der Waals surface area contributed by atoms with Crippen molar-refractivity contribution in [2.24, 2.45) is 0 Å². The molecule has 27 heavy (non-hydrogen) atoms. The molecule has 7 nitrogen and oxygen atoms in total. The number of nitro benzene ring substituents is 1. The van der Waals surface area contributed by atoms with Crippen LogP contribution in [0.25, 0.3) is 0 Å². The van der Waals surface area contributed by atoms with E-state index in [0.717, 1.165) is 11.3 Å². The summed E-state index contributed by atoms with van der Waals surface area (Å²) in [5.74, 6) is 0. The molecule has 1 saturated heterocycles. The molecular weight excluding hydrogens is 346 g/mol. The van der Waals surface area contributed by atoms with Gasteiger partial charge in [0.05, 0.1) is 4.92 Å². The maximum atomic E-state index is 12.1. The van der Waals surface area contributed by atoms with Crippen LogP contribution in [-0.2, 0) is 4.74 Å². The molecule has 1 aromatic carbocycles. The van der Waals surface area contributed by atoms with Crippen LogP contribution in [0, 0.1) is 17.0 Å². The first-order chi connectivity index (χ1) is 12.7. The Kier molecular flexibility index (Phi) is 10.4. The molecule has 154 valence electrons. The van der Waals surface area contributed by atoms with E-state index in [-0.39, 0.29) is 11.8 Å². The summed E-state index contributed by atoms with van der Waals surface area (Å²) >= 11 is 0. The van der Waals surface area contributed by atoms with Gasteiger partial charge in [0.25, 0.3) is 5.69 Å². The van der Waals surface area contributed by atoms with E-state index in [4.69, 9.17) is 4.74 Å². The van der Waals surface area contributed by atoms with Gasteiger partial charge in [0.2, 0.25) is 0 Å². The molecule has 0 spiro atoms. The zero-order valence-electron chi connectivity index (χ0n) is 18.0. The molecule has 1 aromatic rings. The fourth-order valence-corrected chi connectivity index (χ4v) is 2.56. The van der Waals surface area contributed by atoms with Gasteiger partial charge in [-0.2, -0.15) is 0 Å². The van der Waals surface area contributed by atoms with E-state index in [1.54, 1.807) is 17.0 Å². The Hall–Kier alpha value is -2.31. The van der Waals surface area contributed by atoms with Crippen molar-refractivity contribution in [3.63, 3.8) is 0 Å². The van der Waals surface area contributed by atoms with E-state index in [2.05, 4.69) is 4.90 Å². The van der Waals surface area contributed by atoms with Crippen LogP contribution in [0.15, 0.2) is 18.2 Å². The number of anilines is 1. The van der Waals surface area contributed by atoms with Crippen LogP contribution in [0.1, 0.15) is 54.0 Å². The number of piperazine rings is 1. The van der Waals surface area contributed by atoms with Crippen molar-refractivity contribution in [3.05, 3.63) is 33.9 Å². The average molecular weight is 382 g/mol. The van der Waals surface area contributed by atoms with Crippen molar-refractivity contribution >= 4 is 17.5 Å². The summed E-state index contributed by atoms with van der Waals surface area (Å²) in [5, 5.41) is 10.8. The van der Waals surface area contributed by atoms with Gasteiger partial charge in [-0.25, -0.2) is 4.79 Å². The van der Waals surface area contributed by atoms with Gasteiger partial charge in [0.15, 0.2) is 0 Å². The van der Waals surface area contributed by atoms with E-state index in [0.29, 0.717) is 26.2 Å². The Morgan fingerprint density at radius 3 is 2.00 bits per heavy atom. The van der Waals surface area contributed by atoms with E-state index in [9.17, 15) is 14.9 Å². The van der Waals surface area contributed by atoms with Gasteiger partial charge in [0.1, 0.15) is 5.60 Å². The number of hydrogen-bond acceptors (Lipinski definition) is 5. The smallest absolute Gasteiger partial charge is 0.410 e. The third-order valence-corrected chi connectivity index (χ3v) is 3.66. The Morgan fingerprint density at radius 1 is 1.07 bits per heavy atom. The van der Waals surface area contributed by atoms with Gasteiger partial charge in [-0.3, -0.25) is 10.1 Å². The minimum absolute atomic E-state index is 0.0960. The molecule has 1 heterocycles. The first-order valence-corrected chi connectivity index (χ1v) is 9.65. The number of amides is 1. The maximum absolute atomic E-state index is 12.1. The molecule has 0 N–H and O–H groups in total. The van der Waals surface area contributed by atoms with Crippen molar-refractivity contribution in [2.75, 3.05) is 31.1 Å². The minimum Gasteiger partial charge on any atom is -0.444 e. The fourth-order valence-electron chi connectivity index (χ4n) is 2.56. The number of hydrogen-bond donors (Lipinski definition) is 0. The number of nitrogens with zero attached hydrogens (tertiary/aromatic N) is 3. The van der Waals surface area contributed by atoms with Crippen LogP contribution in [0.2, 0.25) is 0 Å². The SMILES string of the molecule is CC.CC.Cc1cc([N+](=O)[O-])ccc1N1CCN(C(=O)OC(C)(C)C)CC1. The number of carbonyl (C=O) groups is 1. The van der Waals surface area contributed by atoms with E-state index in [1.165, 1.54) is 6.07 Å². The third-order valence-electron chi connectivity index (χ3n) is 3.66. The van der Waals surface area contributed by atoms with E-state index in [1.807, 2.05) is 55.4 Å². The predicted molar refractivity (Wildman–Crippen MR) is 111 cm³/mol. The number of benzene rings is 1. The molecule has 0 unspecified atom stereocenters. The molecule has 0 bridgehead atoms. The summed E-state index contributed by atoms with van der Waals surface area (Å²) in [6, 6.07) is 4.87. The summed E-state index contributed by atoms with van der Waals surface area (Å²) in [7, 11) is 0. The topological polar surface area (TPSA) is 75.9 Å². The molecular formula is C20H35N3O4. The molecule has 0 aromatic heterocycles. The summed E-state index contributed by atoms with van der Waals surface area (Å²) < 4.78 is 5.38. The quantitative estimate of drug-likeness (QED) is 0.531. The lowest BCUT2D eigenvalue weighted by molar-refractivity contribution is -0.384. The highest BCUT2D eigenvalue weighted by atomic mass is 16.6.